The van der Waals surface area contributed by atoms with Crippen molar-refractivity contribution in [3.63, 3.8) is 0 Å². The summed E-state index contributed by atoms with van der Waals surface area (Å²) in [6.45, 7) is 3.35. The number of urea groups is 1. The highest BCUT2D eigenvalue weighted by Gasteiger charge is 2.16. The Morgan fingerprint density at radius 1 is 1.33 bits per heavy atom. The lowest BCUT2D eigenvalue weighted by molar-refractivity contribution is 0.204. The highest BCUT2D eigenvalue weighted by molar-refractivity contribution is 5.89. The van der Waals surface area contributed by atoms with Gasteiger partial charge < -0.3 is 15.7 Å². The molecule has 4 nitrogen and oxygen atoms in total. The van der Waals surface area contributed by atoms with E-state index in [1.165, 1.54) is 6.07 Å². The topological polar surface area (TPSA) is 61.4 Å². The molecule has 6 heteroatoms. The van der Waals surface area contributed by atoms with Crippen LogP contribution in [0.5, 0.6) is 0 Å². The number of anilines is 1. The average molecular weight is 258 g/mol. The van der Waals surface area contributed by atoms with Crippen LogP contribution in [0.1, 0.15) is 13.8 Å². The summed E-state index contributed by atoms with van der Waals surface area (Å²) in [6.07, 6.45) is 0. The molecule has 0 saturated heterocycles. The molecule has 0 saturated carbocycles. The van der Waals surface area contributed by atoms with Crippen molar-refractivity contribution < 1.29 is 18.7 Å². The Kier molecular flexibility index (Phi) is 5.03. The smallest absolute Gasteiger partial charge is 0.319 e. The zero-order valence-electron chi connectivity index (χ0n) is 10.2. The van der Waals surface area contributed by atoms with E-state index in [0.29, 0.717) is 0 Å². The van der Waals surface area contributed by atoms with Crippen molar-refractivity contribution in [1.29, 1.82) is 0 Å². The van der Waals surface area contributed by atoms with Gasteiger partial charge in [0.15, 0.2) is 0 Å². The standard InChI is InChI=1S/C12H16F2N2O2/c1-7(6-17)8(2)15-12(18)16-11-9(13)4-3-5-10(11)14/h3-5,7-8,17H,6H2,1-2H3,(H2,15,16,18). The van der Waals surface area contributed by atoms with Crippen LogP contribution in [0.25, 0.3) is 0 Å². The Hall–Kier alpha value is -1.69. The van der Waals surface area contributed by atoms with Gasteiger partial charge in [0.1, 0.15) is 17.3 Å². The number of rotatable bonds is 4. The van der Waals surface area contributed by atoms with E-state index in [1.54, 1.807) is 13.8 Å². The number of benzene rings is 1. The van der Waals surface area contributed by atoms with Crippen molar-refractivity contribution in [2.45, 2.75) is 19.9 Å². The van der Waals surface area contributed by atoms with Crippen LogP contribution >= 0.6 is 0 Å². The fourth-order valence-corrected chi connectivity index (χ4v) is 1.27. The number of aliphatic hydroxyl groups is 1. The molecule has 0 aliphatic heterocycles. The summed E-state index contributed by atoms with van der Waals surface area (Å²) < 4.78 is 26.5. The Morgan fingerprint density at radius 2 is 1.89 bits per heavy atom. The van der Waals surface area contributed by atoms with E-state index in [9.17, 15) is 13.6 Å². The molecule has 0 aromatic heterocycles. The molecule has 0 aliphatic rings. The molecule has 0 aliphatic carbocycles. The van der Waals surface area contributed by atoms with E-state index in [4.69, 9.17) is 5.11 Å². The van der Waals surface area contributed by atoms with E-state index in [2.05, 4.69) is 10.6 Å². The average Bonchev–Trinajstić information content (AvgIpc) is 2.32. The van der Waals surface area contributed by atoms with Gasteiger partial charge in [-0.1, -0.05) is 13.0 Å². The molecule has 0 radical (unpaired) electrons. The van der Waals surface area contributed by atoms with Gasteiger partial charge in [-0.15, -0.1) is 0 Å². The molecule has 2 unspecified atom stereocenters. The van der Waals surface area contributed by atoms with Gasteiger partial charge >= 0.3 is 6.03 Å². The number of halogens is 2. The number of nitrogens with one attached hydrogen (secondary N) is 2. The lowest BCUT2D eigenvalue weighted by Gasteiger charge is -2.19. The van der Waals surface area contributed by atoms with Gasteiger partial charge in [-0.25, -0.2) is 13.6 Å². The van der Waals surface area contributed by atoms with Crippen molar-refractivity contribution in [2.24, 2.45) is 5.92 Å². The third kappa shape index (κ3) is 3.66. The minimum absolute atomic E-state index is 0.0878. The van der Waals surface area contributed by atoms with Gasteiger partial charge in [0.05, 0.1) is 0 Å². The second kappa shape index (κ2) is 6.30. The van der Waals surface area contributed by atoms with Gasteiger partial charge in [-0.3, -0.25) is 0 Å². The van der Waals surface area contributed by atoms with E-state index in [0.717, 1.165) is 12.1 Å². The number of amides is 2. The first-order valence-corrected chi connectivity index (χ1v) is 5.58. The first kappa shape index (κ1) is 14.4. The van der Waals surface area contributed by atoms with E-state index in [1.807, 2.05) is 0 Å². The highest BCUT2D eigenvalue weighted by atomic mass is 19.1. The largest absolute Gasteiger partial charge is 0.396 e. The molecule has 18 heavy (non-hydrogen) atoms. The zero-order chi connectivity index (χ0) is 13.7. The fraction of sp³-hybridized carbons (Fsp3) is 0.417. The third-order valence-corrected chi connectivity index (χ3v) is 2.70. The number of hydrogen-bond donors (Lipinski definition) is 3. The summed E-state index contributed by atoms with van der Waals surface area (Å²) in [4.78, 5) is 11.5. The molecule has 1 aromatic rings. The lowest BCUT2D eigenvalue weighted by atomic mass is 10.1. The molecule has 0 bridgehead atoms. The van der Waals surface area contributed by atoms with E-state index >= 15 is 0 Å². The molecule has 0 spiro atoms. The van der Waals surface area contributed by atoms with Crippen LogP contribution in [0.4, 0.5) is 19.3 Å². The summed E-state index contributed by atoms with van der Waals surface area (Å²) in [5.41, 5.74) is -0.487. The Morgan fingerprint density at radius 3 is 2.39 bits per heavy atom. The van der Waals surface area contributed by atoms with Gasteiger partial charge in [0.25, 0.3) is 0 Å². The first-order chi connectivity index (χ1) is 8.45. The molecular weight excluding hydrogens is 242 g/mol. The summed E-state index contributed by atoms with van der Waals surface area (Å²) in [7, 11) is 0. The number of para-hydroxylation sites is 1. The van der Waals surface area contributed by atoms with Gasteiger partial charge in [0.2, 0.25) is 0 Å². The monoisotopic (exact) mass is 258 g/mol. The molecule has 0 fully saturated rings. The number of aliphatic hydroxyl groups excluding tert-OH is 1. The van der Waals surface area contributed by atoms with Crippen molar-refractivity contribution in [1.82, 2.24) is 5.32 Å². The molecule has 2 amide bonds. The van der Waals surface area contributed by atoms with Crippen molar-refractivity contribution in [3.05, 3.63) is 29.8 Å². The predicted octanol–water partition coefficient (Wildman–Crippen LogP) is 2.10. The predicted molar refractivity (Wildman–Crippen MR) is 64.2 cm³/mol. The summed E-state index contributed by atoms with van der Waals surface area (Å²) >= 11 is 0. The number of carbonyl (C=O) groups excluding carboxylic acids is 1. The van der Waals surface area contributed by atoms with Crippen LogP contribution in [-0.2, 0) is 0 Å². The van der Waals surface area contributed by atoms with E-state index in [-0.39, 0.29) is 18.6 Å². The Labute approximate surface area is 104 Å². The van der Waals surface area contributed by atoms with Crippen LogP contribution in [0.3, 0.4) is 0 Å². The van der Waals surface area contributed by atoms with Crippen molar-refractivity contribution >= 4 is 11.7 Å². The first-order valence-electron chi connectivity index (χ1n) is 5.58. The Balaban J connectivity index is 2.65. The lowest BCUT2D eigenvalue weighted by Crippen LogP contribution is -2.41. The maximum atomic E-state index is 13.3. The maximum Gasteiger partial charge on any atom is 0.319 e. The quantitative estimate of drug-likeness (QED) is 0.774. The minimum atomic E-state index is -0.840. The van der Waals surface area contributed by atoms with Crippen LogP contribution in [0.2, 0.25) is 0 Å². The third-order valence-electron chi connectivity index (χ3n) is 2.70. The maximum absolute atomic E-state index is 13.3. The highest BCUT2D eigenvalue weighted by Crippen LogP contribution is 2.17. The summed E-state index contributed by atoms with van der Waals surface area (Å²) in [5.74, 6) is -1.83. The van der Waals surface area contributed by atoms with Crippen molar-refractivity contribution in [3.8, 4) is 0 Å². The summed E-state index contributed by atoms with van der Waals surface area (Å²) in [6, 6.07) is 2.29. The second-order valence-corrected chi connectivity index (χ2v) is 4.14. The van der Waals surface area contributed by atoms with Crippen LogP contribution in [0.15, 0.2) is 18.2 Å². The van der Waals surface area contributed by atoms with Crippen molar-refractivity contribution in [2.75, 3.05) is 11.9 Å². The van der Waals surface area contributed by atoms with Gasteiger partial charge in [0, 0.05) is 12.6 Å². The second-order valence-electron chi connectivity index (χ2n) is 4.14. The van der Waals surface area contributed by atoms with Crippen LogP contribution < -0.4 is 10.6 Å². The molecule has 1 aromatic carbocycles. The molecule has 1 rings (SSSR count). The zero-order valence-corrected chi connectivity index (χ0v) is 10.2. The molecule has 0 heterocycles. The minimum Gasteiger partial charge on any atom is -0.396 e. The van der Waals surface area contributed by atoms with E-state index < -0.39 is 23.4 Å². The van der Waals surface area contributed by atoms with Crippen LogP contribution in [-0.4, -0.2) is 23.8 Å². The number of carbonyl (C=O) groups is 1. The van der Waals surface area contributed by atoms with Crippen LogP contribution in [0, 0.1) is 17.6 Å². The summed E-state index contributed by atoms with van der Waals surface area (Å²) in [5, 5.41) is 13.5. The Bertz CT molecular complexity index is 406. The number of hydrogen-bond acceptors (Lipinski definition) is 2. The molecule has 3 N–H and O–H groups in total. The van der Waals surface area contributed by atoms with Gasteiger partial charge in [-0.05, 0) is 25.0 Å². The normalized spacial score (nSPS) is 13.8. The fourth-order valence-electron chi connectivity index (χ4n) is 1.27. The molecule has 2 atom stereocenters. The molecular formula is C12H16F2N2O2. The SMILES string of the molecule is CC(CO)C(C)NC(=O)Nc1c(F)cccc1F. The van der Waals surface area contributed by atoms with Gasteiger partial charge in [-0.2, -0.15) is 0 Å². The molecule has 100 valence electrons.